The number of hydrogen-bond acceptors (Lipinski definition) is 7. The predicted octanol–water partition coefficient (Wildman–Crippen LogP) is 3.00. The lowest BCUT2D eigenvalue weighted by molar-refractivity contribution is -0.156. The molecule has 0 fully saturated rings. The number of ether oxygens (including phenoxy) is 2. The van der Waals surface area contributed by atoms with Gasteiger partial charge in [0.1, 0.15) is 23.0 Å². The Morgan fingerprint density at radius 2 is 1.79 bits per heavy atom. The number of carbonyl (C=O) groups is 1. The zero-order chi connectivity index (χ0) is 25.4. The molecule has 0 aliphatic carbocycles. The van der Waals surface area contributed by atoms with Crippen LogP contribution in [0, 0.1) is 26.2 Å². The standard InChI is InChI=1S/C23H38N4O5S.ClH/c1-13-14(2)19(15(3)16-12-23(7,8)31-18(13)16)33(29,30)27-21(25)26-11-9-10-17(24)20(28)32-22(4,5)6;/h17H,9-12,24H2,1-8H3,(H3,25,26,27);1H/t17-;/m0./s1. The summed E-state index contributed by atoms with van der Waals surface area (Å²) in [6.45, 7) is 14.9. The maximum absolute atomic E-state index is 13.1. The summed E-state index contributed by atoms with van der Waals surface area (Å²) in [5.74, 6) is -0.0683. The fourth-order valence-electron chi connectivity index (χ4n) is 3.90. The van der Waals surface area contributed by atoms with Crippen LogP contribution in [-0.4, -0.2) is 44.1 Å². The largest absolute Gasteiger partial charge is 0.487 e. The second-order valence-corrected chi connectivity index (χ2v) is 11.9. The summed E-state index contributed by atoms with van der Waals surface area (Å²) in [6.07, 6.45) is 1.43. The Bertz CT molecular complexity index is 1050. The Morgan fingerprint density at radius 1 is 1.21 bits per heavy atom. The number of carbonyl (C=O) groups excluding carboxylic acids is 1. The van der Waals surface area contributed by atoms with Crippen molar-refractivity contribution in [2.75, 3.05) is 6.54 Å². The lowest BCUT2D eigenvalue weighted by Gasteiger charge is -2.22. The molecule has 1 aromatic rings. The molecule has 1 aliphatic rings. The molecular weight excluding hydrogens is 480 g/mol. The normalized spacial score (nSPS) is 15.4. The van der Waals surface area contributed by atoms with E-state index in [-0.39, 0.29) is 29.8 Å². The summed E-state index contributed by atoms with van der Waals surface area (Å²) in [5, 5.41) is 10.8. The second kappa shape index (κ2) is 10.7. The molecule has 0 aromatic heterocycles. The minimum atomic E-state index is -3.98. The summed E-state index contributed by atoms with van der Waals surface area (Å²) < 4.78 is 39.9. The van der Waals surface area contributed by atoms with Crippen molar-refractivity contribution >= 4 is 34.4 Å². The van der Waals surface area contributed by atoms with Gasteiger partial charge >= 0.3 is 5.97 Å². The molecule has 0 amide bonds. The number of fused-ring (bicyclic) bond motifs is 1. The van der Waals surface area contributed by atoms with Gasteiger partial charge in [0.2, 0.25) is 5.96 Å². The van der Waals surface area contributed by atoms with E-state index in [0.717, 1.165) is 16.9 Å². The number of hydrogen-bond donors (Lipinski definition) is 4. The van der Waals surface area contributed by atoms with Gasteiger partial charge in [-0.1, -0.05) is 0 Å². The van der Waals surface area contributed by atoms with Crippen molar-refractivity contribution in [1.29, 1.82) is 5.41 Å². The van der Waals surface area contributed by atoms with Crippen molar-refractivity contribution in [2.24, 2.45) is 5.73 Å². The molecule has 0 radical (unpaired) electrons. The van der Waals surface area contributed by atoms with Crippen LogP contribution in [0.4, 0.5) is 0 Å². The maximum Gasteiger partial charge on any atom is 0.323 e. The van der Waals surface area contributed by atoms with Gasteiger partial charge < -0.3 is 20.5 Å². The van der Waals surface area contributed by atoms with Gasteiger partial charge in [-0.25, -0.2) is 13.1 Å². The van der Waals surface area contributed by atoms with E-state index in [2.05, 4.69) is 10.0 Å². The molecule has 194 valence electrons. The molecule has 34 heavy (non-hydrogen) atoms. The third-order valence-corrected chi connectivity index (χ3v) is 7.12. The molecule has 11 heteroatoms. The smallest absolute Gasteiger partial charge is 0.323 e. The van der Waals surface area contributed by atoms with E-state index in [0.29, 0.717) is 30.4 Å². The first kappa shape index (κ1) is 30.0. The molecule has 5 N–H and O–H groups in total. The Morgan fingerprint density at radius 3 is 2.35 bits per heavy atom. The SMILES string of the molecule is Cc1c(C)c(S(=O)(=O)NC(=N)NCCC[C@H](N)C(=O)OC(C)(C)C)c(C)c2c1OC(C)(C)C2.Cl. The van der Waals surface area contributed by atoms with Crippen LogP contribution < -0.4 is 20.5 Å². The first-order chi connectivity index (χ1) is 14.9. The van der Waals surface area contributed by atoms with Crippen LogP contribution in [0.3, 0.4) is 0 Å². The van der Waals surface area contributed by atoms with Crippen molar-refractivity contribution in [3.05, 3.63) is 22.3 Å². The number of esters is 1. The molecule has 1 heterocycles. The number of sulfonamides is 1. The Hall–Kier alpha value is -2.04. The monoisotopic (exact) mass is 518 g/mol. The highest BCUT2D eigenvalue weighted by Gasteiger charge is 2.36. The van der Waals surface area contributed by atoms with E-state index in [1.54, 1.807) is 34.6 Å². The summed E-state index contributed by atoms with van der Waals surface area (Å²) in [4.78, 5) is 12.1. The lowest BCUT2D eigenvalue weighted by Crippen LogP contribution is -2.42. The van der Waals surface area contributed by atoms with E-state index < -0.39 is 33.2 Å². The van der Waals surface area contributed by atoms with Crippen LogP contribution in [0.15, 0.2) is 4.90 Å². The highest BCUT2D eigenvalue weighted by molar-refractivity contribution is 7.90. The third kappa shape index (κ3) is 7.23. The predicted molar refractivity (Wildman–Crippen MR) is 135 cm³/mol. The van der Waals surface area contributed by atoms with Crippen molar-refractivity contribution in [1.82, 2.24) is 10.0 Å². The summed E-state index contributed by atoms with van der Waals surface area (Å²) >= 11 is 0. The van der Waals surface area contributed by atoms with E-state index in [9.17, 15) is 13.2 Å². The van der Waals surface area contributed by atoms with E-state index in [4.69, 9.17) is 20.6 Å². The van der Waals surface area contributed by atoms with Gasteiger partial charge in [0, 0.05) is 18.5 Å². The average Bonchev–Trinajstić information content (AvgIpc) is 2.97. The minimum absolute atomic E-state index is 0. The zero-order valence-electron chi connectivity index (χ0n) is 21.3. The number of guanidine groups is 1. The van der Waals surface area contributed by atoms with Crippen LogP contribution in [0.1, 0.15) is 69.7 Å². The topological polar surface area (TPSA) is 144 Å². The molecule has 0 saturated carbocycles. The maximum atomic E-state index is 13.1. The van der Waals surface area contributed by atoms with Gasteiger partial charge in [-0.05, 0) is 84.9 Å². The van der Waals surface area contributed by atoms with Gasteiger partial charge in [-0.15, -0.1) is 12.4 Å². The quantitative estimate of drug-likeness (QED) is 0.188. The van der Waals surface area contributed by atoms with Gasteiger partial charge in [-0.3, -0.25) is 10.2 Å². The molecule has 0 unspecified atom stereocenters. The molecule has 0 saturated heterocycles. The van der Waals surface area contributed by atoms with Crippen LogP contribution in [0.2, 0.25) is 0 Å². The Labute approximate surface area is 209 Å². The van der Waals surface area contributed by atoms with Crippen LogP contribution in [0.5, 0.6) is 5.75 Å². The Balaban J connectivity index is 0.00000578. The van der Waals surface area contributed by atoms with E-state index in [1.807, 2.05) is 20.8 Å². The molecule has 1 atom stereocenters. The first-order valence-corrected chi connectivity index (χ1v) is 12.6. The molecule has 9 nitrogen and oxygen atoms in total. The van der Waals surface area contributed by atoms with Gasteiger partial charge in [0.25, 0.3) is 10.0 Å². The van der Waals surface area contributed by atoms with E-state index >= 15 is 0 Å². The lowest BCUT2D eigenvalue weighted by atomic mass is 9.94. The van der Waals surface area contributed by atoms with Crippen molar-refractivity contribution in [3.8, 4) is 5.75 Å². The minimum Gasteiger partial charge on any atom is -0.487 e. The summed E-state index contributed by atoms with van der Waals surface area (Å²) in [6, 6.07) is -0.775. The molecule has 0 spiro atoms. The number of nitrogens with two attached hydrogens (primary N) is 1. The van der Waals surface area contributed by atoms with Crippen LogP contribution >= 0.6 is 12.4 Å². The van der Waals surface area contributed by atoms with Crippen molar-refractivity contribution in [3.63, 3.8) is 0 Å². The molecule has 0 bridgehead atoms. The fourth-order valence-corrected chi connectivity index (χ4v) is 5.43. The number of rotatable bonds is 7. The van der Waals surface area contributed by atoms with Gasteiger partial charge in [0.05, 0.1) is 4.90 Å². The second-order valence-electron chi connectivity index (χ2n) is 10.2. The highest BCUT2D eigenvalue weighted by atomic mass is 35.5. The van der Waals surface area contributed by atoms with Crippen molar-refractivity contribution < 1.29 is 22.7 Å². The van der Waals surface area contributed by atoms with E-state index in [1.165, 1.54) is 0 Å². The highest BCUT2D eigenvalue weighted by Crippen LogP contribution is 2.43. The molecule has 1 aromatic carbocycles. The van der Waals surface area contributed by atoms with Crippen molar-refractivity contribution in [2.45, 2.75) is 96.8 Å². The van der Waals surface area contributed by atoms with Gasteiger partial charge in [-0.2, -0.15) is 0 Å². The average molecular weight is 519 g/mol. The number of benzene rings is 1. The Kier molecular flexibility index (Phi) is 9.44. The number of nitrogens with one attached hydrogen (secondary N) is 3. The summed E-state index contributed by atoms with van der Waals surface area (Å²) in [7, 11) is -3.98. The molecular formula is C23H39ClN4O5S. The van der Waals surface area contributed by atoms with Crippen LogP contribution in [-0.2, 0) is 26.0 Å². The molecule has 1 aliphatic heterocycles. The van der Waals surface area contributed by atoms with Crippen LogP contribution in [0.25, 0.3) is 0 Å². The summed E-state index contributed by atoms with van der Waals surface area (Å²) in [5.41, 5.74) is 7.77. The number of halogens is 1. The molecule has 2 rings (SSSR count). The van der Waals surface area contributed by atoms with Gasteiger partial charge in [0.15, 0.2) is 0 Å². The first-order valence-electron chi connectivity index (χ1n) is 11.1. The fraction of sp³-hybridized carbons (Fsp3) is 0.652. The zero-order valence-corrected chi connectivity index (χ0v) is 23.0. The third-order valence-electron chi connectivity index (χ3n) is 5.50.